The van der Waals surface area contributed by atoms with E-state index in [-0.39, 0.29) is 11.9 Å². The Morgan fingerprint density at radius 1 is 1.41 bits per heavy atom. The van der Waals surface area contributed by atoms with Crippen molar-refractivity contribution < 1.29 is 14.3 Å². The number of hydrogen-bond acceptors (Lipinski definition) is 4. The van der Waals surface area contributed by atoms with E-state index >= 15 is 0 Å². The van der Waals surface area contributed by atoms with Crippen molar-refractivity contribution in [3.05, 3.63) is 29.8 Å². The molecule has 1 saturated heterocycles. The fourth-order valence-electron chi connectivity index (χ4n) is 1.85. The number of methoxy groups -OCH3 is 1. The number of hydrogen-bond donors (Lipinski definition) is 1. The quantitative estimate of drug-likeness (QED) is 0.800. The first-order valence-electron chi connectivity index (χ1n) is 5.80. The Kier molecular flexibility index (Phi) is 3.98. The summed E-state index contributed by atoms with van der Waals surface area (Å²) in [6, 6.07) is 7.53. The summed E-state index contributed by atoms with van der Waals surface area (Å²) in [6.07, 6.45) is 0.876. The molecule has 1 aliphatic rings. The Labute approximate surface area is 101 Å². The van der Waals surface area contributed by atoms with Crippen LogP contribution >= 0.6 is 0 Å². The van der Waals surface area contributed by atoms with Gasteiger partial charge in [0.15, 0.2) is 0 Å². The van der Waals surface area contributed by atoms with E-state index in [0.717, 1.165) is 30.8 Å². The van der Waals surface area contributed by atoms with E-state index in [1.807, 2.05) is 24.3 Å². The molecule has 1 aliphatic heterocycles. The zero-order valence-corrected chi connectivity index (χ0v) is 9.94. The molecule has 4 nitrogen and oxygen atoms in total. The molecule has 0 radical (unpaired) electrons. The van der Waals surface area contributed by atoms with Crippen molar-refractivity contribution in [1.82, 2.24) is 5.32 Å². The van der Waals surface area contributed by atoms with Gasteiger partial charge in [-0.2, -0.15) is 0 Å². The van der Waals surface area contributed by atoms with Crippen LogP contribution in [-0.2, 0) is 16.1 Å². The first-order valence-corrected chi connectivity index (χ1v) is 5.80. The average molecular weight is 235 g/mol. The molecule has 1 unspecified atom stereocenters. The van der Waals surface area contributed by atoms with Crippen molar-refractivity contribution in [2.45, 2.75) is 13.0 Å². The molecular formula is C13H17NO3. The minimum Gasteiger partial charge on any atom is -0.497 e. The summed E-state index contributed by atoms with van der Waals surface area (Å²) >= 11 is 0. The van der Waals surface area contributed by atoms with Gasteiger partial charge in [0.25, 0.3) is 0 Å². The summed E-state index contributed by atoms with van der Waals surface area (Å²) in [6.45, 7) is 1.98. The number of carbonyl (C=O) groups is 1. The maximum Gasteiger partial charge on any atom is 0.310 e. The lowest BCUT2D eigenvalue weighted by molar-refractivity contribution is -0.149. The predicted octanol–water partition coefficient (Wildman–Crippen LogP) is 1.35. The molecule has 1 aromatic rings. The summed E-state index contributed by atoms with van der Waals surface area (Å²) in [4.78, 5) is 11.7. The lowest BCUT2D eigenvalue weighted by Gasteiger charge is -2.09. The molecule has 1 N–H and O–H groups in total. The second-order valence-electron chi connectivity index (χ2n) is 4.15. The molecule has 4 heteroatoms. The normalized spacial score (nSPS) is 19.0. The lowest BCUT2D eigenvalue weighted by Crippen LogP contribution is -2.20. The highest BCUT2D eigenvalue weighted by Crippen LogP contribution is 2.14. The van der Waals surface area contributed by atoms with Crippen molar-refractivity contribution in [2.75, 3.05) is 20.2 Å². The van der Waals surface area contributed by atoms with E-state index in [9.17, 15) is 4.79 Å². The molecular weight excluding hydrogens is 218 g/mol. The Morgan fingerprint density at radius 3 is 2.76 bits per heavy atom. The number of esters is 1. The largest absolute Gasteiger partial charge is 0.497 e. The fourth-order valence-corrected chi connectivity index (χ4v) is 1.85. The monoisotopic (exact) mass is 235 g/mol. The predicted molar refractivity (Wildman–Crippen MR) is 63.8 cm³/mol. The molecule has 0 amide bonds. The van der Waals surface area contributed by atoms with Gasteiger partial charge in [-0.1, -0.05) is 12.1 Å². The molecule has 1 aromatic carbocycles. The van der Waals surface area contributed by atoms with Crippen molar-refractivity contribution in [1.29, 1.82) is 0 Å². The van der Waals surface area contributed by atoms with E-state index in [0.29, 0.717) is 6.61 Å². The minimum atomic E-state index is -0.106. The Hall–Kier alpha value is -1.55. The smallest absolute Gasteiger partial charge is 0.310 e. The van der Waals surface area contributed by atoms with Gasteiger partial charge in [-0.15, -0.1) is 0 Å². The van der Waals surface area contributed by atoms with Crippen LogP contribution in [0.3, 0.4) is 0 Å². The Morgan fingerprint density at radius 2 is 2.18 bits per heavy atom. The SMILES string of the molecule is COc1ccc(COC(=O)C2CCNC2)cc1. The van der Waals surface area contributed by atoms with Crippen molar-refractivity contribution >= 4 is 5.97 Å². The van der Waals surface area contributed by atoms with E-state index in [1.54, 1.807) is 7.11 Å². The topological polar surface area (TPSA) is 47.6 Å². The van der Waals surface area contributed by atoms with Crippen LogP contribution < -0.4 is 10.1 Å². The average Bonchev–Trinajstić information content (AvgIpc) is 2.90. The Bertz CT molecular complexity index is 369. The summed E-state index contributed by atoms with van der Waals surface area (Å²) < 4.78 is 10.3. The minimum absolute atomic E-state index is 0.0215. The third-order valence-electron chi connectivity index (χ3n) is 2.93. The molecule has 92 valence electrons. The van der Waals surface area contributed by atoms with Crippen LogP contribution in [-0.4, -0.2) is 26.2 Å². The zero-order chi connectivity index (χ0) is 12.1. The van der Waals surface area contributed by atoms with Crippen molar-refractivity contribution in [3.8, 4) is 5.75 Å². The van der Waals surface area contributed by atoms with Gasteiger partial charge in [0.1, 0.15) is 12.4 Å². The van der Waals surface area contributed by atoms with Crippen molar-refractivity contribution in [2.24, 2.45) is 5.92 Å². The number of rotatable bonds is 4. The summed E-state index contributed by atoms with van der Waals surface area (Å²) in [5, 5.41) is 3.15. The third-order valence-corrected chi connectivity index (χ3v) is 2.93. The highest BCUT2D eigenvalue weighted by Gasteiger charge is 2.23. The van der Waals surface area contributed by atoms with E-state index < -0.39 is 0 Å². The van der Waals surface area contributed by atoms with Crippen LogP contribution in [0.15, 0.2) is 24.3 Å². The van der Waals surface area contributed by atoms with Crippen LogP contribution in [0, 0.1) is 5.92 Å². The molecule has 0 spiro atoms. The van der Waals surface area contributed by atoms with Crippen LogP contribution in [0.1, 0.15) is 12.0 Å². The van der Waals surface area contributed by atoms with Gasteiger partial charge in [-0.05, 0) is 30.7 Å². The second-order valence-corrected chi connectivity index (χ2v) is 4.15. The molecule has 1 atom stereocenters. The number of carbonyl (C=O) groups excluding carboxylic acids is 1. The van der Waals surface area contributed by atoms with Gasteiger partial charge in [0, 0.05) is 6.54 Å². The first-order chi connectivity index (χ1) is 8.29. The molecule has 0 aromatic heterocycles. The van der Waals surface area contributed by atoms with E-state index in [2.05, 4.69) is 5.32 Å². The third kappa shape index (κ3) is 3.20. The molecule has 0 bridgehead atoms. The van der Waals surface area contributed by atoms with Crippen molar-refractivity contribution in [3.63, 3.8) is 0 Å². The van der Waals surface area contributed by atoms with Gasteiger partial charge in [0.2, 0.25) is 0 Å². The van der Waals surface area contributed by atoms with E-state index in [4.69, 9.17) is 9.47 Å². The van der Waals surface area contributed by atoms with Gasteiger partial charge >= 0.3 is 5.97 Å². The molecule has 2 rings (SSSR count). The lowest BCUT2D eigenvalue weighted by atomic mass is 10.1. The fraction of sp³-hybridized carbons (Fsp3) is 0.462. The summed E-state index contributed by atoms with van der Waals surface area (Å²) in [5.41, 5.74) is 0.977. The highest BCUT2D eigenvalue weighted by atomic mass is 16.5. The summed E-state index contributed by atoms with van der Waals surface area (Å²) in [7, 11) is 1.63. The Balaban J connectivity index is 1.82. The molecule has 1 heterocycles. The highest BCUT2D eigenvalue weighted by molar-refractivity contribution is 5.73. The maximum atomic E-state index is 11.7. The van der Waals surface area contributed by atoms with Gasteiger partial charge in [-0.3, -0.25) is 4.79 Å². The van der Waals surface area contributed by atoms with E-state index in [1.165, 1.54) is 0 Å². The number of nitrogens with one attached hydrogen (secondary N) is 1. The molecule has 0 aliphatic carbocycles. The second kappa shape index (κ2) is 5.68. The van der Waals surface area contributed by atoms with Crippen LogP contribution in [0.2, 0.25) is 0 Å². The maximum absolute atomic E-state index is 11.7. The first kappa shape index (κ1) is 11.9. The van der Waals surface area contributed by atoms with Crippen LogP contribution in [0.5, 0.6) is 5.75 Å². The van der Waals surface area contributed by atoms with Gasteiger partial charge in [-0.25, -0.2) is 0 Å². The molecule has 0 saturated carbocycles. The van der Waals surface area contributed by atoms with Crippen LogP contribution in [0.4, 0.5) is 0 Å². The zero-order valence-electron chi connectivity index (χ0n) is 9.94. The number of benzene rings is 1. The van der Waals surface area contributed by atoms with Gasteiger partial charge < -0.3 is 14.8 Å². The molecule has 1 fully saturated rings. The van der Waals surface area contributed by atoms with Crippen LogP contribution in [0.25, 0.3) is 0 Å². The standard InChI is InChI=1S/C13H17NO3/c1-16-12-4-2-10(3-5-12)9-17-13(15)11-6-7-14-8-11/h2-5,11,14H,6-9H2,1H3. The van der Waals surface area contributed by atoms with Gasteiger partial charge in [0.05, 0.1) is 13.0 Å². The molecule has 17 heavy (non-hydrogen) atoms. The number of ether oxygens (including phenoxy) is 2. The summed E-state index contributed by atoms with van der Waals surface area (Å²) in [5.74, 6) is 0.721.